The number of hydrogen-bond acceptors (Lipinski definition) is 9. The number of nitrogen functional groups attached to an aromatic ring is 1. The van der Waals surface area contributed by atoms with Crippen LogP contribution in [0.3, 0.4) is 0 Å². The molecule has 0 spiro atoms. The van der Waals surface area contributed by atoms with Gasteiger partial charge in [-0.15, -0.1) is 0 Å². The summed E-state index contributed by atoms with van der Waals surface area (Å²) in [6, 6.07) is 6.14. The normalized spacial score (nSPS) is 15.8. The zero-order valence-corrected chi connectivity index (χ0v) is 22.3. The molecular weight excluding hydrogens is 530 g/mol. The van der Waals surface area contributed by atoms with E-state index in [1.807, 2.05) is 0 Å². The molecule has 0 bridgehead atoms. The Morgan fingerprint density at radius 3 is 2.53 bits per heavy atom. The summed E-state index contributed by atoms with van der Waals surface area (Å²) in [5.74, 6) is -0.0181. The van der Waals surface area contributed by atoms with Gasteiger partial charge in [-0.05, 0) is 31.2 Å². The molecule has 3 aromatic rings. The van der Waals surface area contributed by atoms with Gasteiger partial charge in [0, 0.05) is 79.1 Å². The van der Waals surface area contributed by atoms with Crippen molar-refractivity contribution in [3.8, 4) is 5.75 Å². The van der Waals surface area contributed by atoms with E-state index in [4.69, 9.17) is 50.5 Å². The number of nitrogens with one attached hydrogen (secondary N) is 1. The van der Waals surface area contributed by atoms with Gasteiger partial charge in [0.1, 0.15) is 11.9 Å². The molecular formula is C26H27Cl2FN8O. The number of aromatic nitrogens is 2. The molecule has 1 aromatic carbocycles. The van der Waals surface area contributed by atoms with Crippen molar-refractivity contribution >= 4 is 46.6 Å². The molecule has 1 saturated heterocycles. The maximum atomic E-state index is 15.1. The highest BCUT2D eigenvalue weighted by Gasteiger charge is 2.43. The minimum Gasteiger partial charge on any atom is -0.486 e. The number of anilines is 2. The highest BCUT2D eigenvalue weighted by atomic mass is 35.5. The number of nitrogens with two attached hydrogens (primary N) is 3. The number of rotatable bonds is 8. The average Bonchev–Trinajstić information content (AvgIpc) is 2.86. The second-order valence-corrected chi connectivity index (χ2v) is 9.77. The van der Waals surface area contributed by atoms with Gasteiger partial charge in [0.05, 0.1) is 21.3 Å². The zero-order chi connectivity index (χ0) is 27.6. The monoisotopic (exact) mass is 556 g/mol. The summed E-state index contributed by atoms with van der Waals surface area (Å²) in [6.45, 7) is 2.43. The molecule has 1 aliphatic heterocycles. The maximum absolute atomic E-state index is 15.1. The summed E-state index contributed by atoms with van der Waals surface area (Å²) in [4.78, 5) is 13.9. The van der Waals surface area contributed by atoms with Crippen molar-refractivity contribution in [2.24, 2.45) is 16.5 Å². The lowest BCUT2D eigenvalue weighted by atomic mass is 9.83. The Morgan fingerprint density at radius 2 is 1.92 bits per heavy atom. The molecule has 9 nitrogen and oxygen atoms in total. The molecule has 4 rings (SSSR count). The SMILES string of the molecule is CN=C/C(=C\N)C1(N)CN(c2ncc(C(=N)c3cc(O[C@H](C)c4c(Cl)cncc4Cl)ccc3N)cc2F)C1. The topological polar surface area (TPSA) is 153 Å². The number of halogens is 3. The van der Waals surface area contributed by atoms with Crippen LogP contribution in [0.25, 0.3) is 0 Å². The van der Waals surface area contributed by atoms with Crippen LogP contribution in [-0.2, 0) is 0 Å². The molecule has 1 atom stereocenters. The first-order valence-electron chi connectivity index (χ1n) is 11.6. The highest BCUT2D eigenvalue weighted by Crippen LogP contribution is 2.34. The van der Waals surface area contributed by atoms with Gasteiger partial charge in [-0.25, -0.2) is 9.37 Å². The lowest BCUT2D eigenvalue weighted by Gasteiger charge is -2.48. The predicted octanol–water partition coefficient (Wildman–Crippen LogP) is 4.12. The number of ether oxygens (including phenoxy) is 1. The first kappa shape index (κ1) is 27.3. The summed E-state index contributed by atoms with van der Waals surface area (Å²) >= 11 is 12.5. The van der Waals surface area contributed by atoms with Crippen LogP contribution in [0.1, 0.15) is 29.7 Å². The van der Waals surface area contributed by atoms with Gasteiger partial charge in [0.15, 0.2) is 11.6 Å². The van der Waals surface area contributed by atoms with E-state index in [-0.39, 0.29) is 17.1 Å². The molecule has 1 fully saturated rings. The fourth-order valence-corrected chi connectivity index (χ4v) is 4.97. The van der Waals surface area contributed by atoms with Crippen molar-refractivity contribution in [3.63, 3.8) is 0 Å². The lowest BCUT2D eigenvalue weighted by molar-refractivity contribution is 0.227. The Morgan fingerprint density at radius 1 is 1.24 bits per heavy atom. The summed E-state index contributed by atoms with van der Waals surface area (Å²) in [7, 11) is 1.62. The minimum absolute atomic E-state index is 0.0113. The van der Waals surface area contributed by atoms with E-state index >= 15 is 4.39 Å². The molecule has 198 valence electrons. The molecule has 38 heavy (non-hydrogen) atoms. The molecule has 3 heterocycles. The number of aliphatic imine (C=N–C) groups is 1. The first-order valence-corrected chi connectivity index (χ1v) is 12.3. The van der Waals surface area contributed by atoms with Crippen LogP contribution in [0.4, 0.5) is 15.9 Å². The van der Waals surface area contributed by atoms with Crippen LogP contribution in [0.5, 0.6) is 5.75 Å². The van der Waals surface area contributed by atoms with Crippen LogP contribution in [-0.4, -0.2) is 47.6 Å². The summed E-state index contributed by atoms with van der Waals surface area (Å²) in [5, 5.41) is 9.43. The molecule has 7 N–H and O–H groups in total. The van der Waals surface area contributed by atoms with Crippen molar-refractivity contribution in [2.75, 3.05) is 30.8 Å². The van der Waals surface area contributed by atoms with Gasteiger partial charge in [0.25, 0.3) is 0 Å². The fourth-order valence-electron chi connectivity index (χ4n) is 4.30. The minimum atomic E-state index is -0.746. The highest BCUT2D eigenvalue weighted by molar-refractivity contribution is 6.35. The number of benzene rings is 1. The van der Waals surface area contributed by atoms with E-state index in [1.165, 1.54) is 30.9 Å². The van der Waals surface area contributed by atoms with Crippen LogP contribution >= 0.6 is 23.2 Å². The number of nitrogens with zero attached hydrogens (tertiary/aromatic N) is 4. The molecule has 0 unspecified atom stereocenters. The van der Waals surface area contributed by atoms with Crippen LogP contribution < -0.4 is 26.8 Å². The molecule has 0 amide bonds. The average molecular weight is 557 g/mol. The number of pyridine rings is 2. The molecule has 2 aromatic heterocycles. The Balaban J connectivity index is 1.52. The molecule has 0 radical (unpaired) electrons. The standard InChI is InChI=1S/C26H27Cl2FN8O/c1-14(23-19(27)10-35-11-20(23)28)38-17-3-4-22(31)18(6-17)24(32)15-5-21(29)25(36-8-15)37-12-26(33,13-37)16(7-30)9-34-2/h3-11,14,32H,12-13,30-31,33H2,1-2H3/b16-7+,32-24?,34-9?/t14-/m1/s1. The molecule has 0 aliphatic carbocycles. The van der Waals surface area contributed by atoms with Gasteiger partial charge in [-0.3, -0.25) is 15.4 Å². The van der Waals surface area contributed by atoms with Crippen LogP contribution in [0, 0.1) is 11.2 Å². The van der Waals surface area contributed by atoms with Crippen molar-refractivity contribution < 1.29 is 9.13 Å². The summed E-state index contributed by atoms with van der Waals surface area (Å²) in [6.07, 6.45) is 6.89. The molecule has 0 saturated carbocycles. The third kappa shape index (κ3) is 5.28. The zero-order valence-electron chi connectivity index (χ0n) is 20.8. The third-order valence-electron chi connectivity index (χ3n) is 6.28. The Hall–Kier alpha value is -3.73. The predicted molar refractivity (Wildman–Crippen MR) is 150 cm³/mol. The summed E-state index contributed by atoms with van der Waals surface area (Å²) < 4.78 is 21.1. The number of hydrogen-bond donors (Lipinski definition) is 4. The smallest absolute Gasteiger partial charge is 0.166 e. The van der Waals surface area contributed by atoms with Crippen LogP contribution in [0.15, 0.2) is 59.6 Å². The Kier molecular flexibility index (Phi) is 7.86. The second-order valence-electron chi connectivity index (χ2n) is 8.95. The molecule has 12 heteroatoms. The first-order chi connectivity index (χ1) is 18.1. The van der Waals surface area contributed by atoms with E-state index in [0.717, 1.165) is 0 Å². The second kappa shape index (κ2) is 10.9. The largest absolute Gasteiger partial charge is 0.486 e. The Labute approximate surface area is 229 Å². The van der Waals surface area contributed by atoms with Gasteiger partial charge >= 0.3 is 0 Å². The lowest BCUT2D eigenvalue weighted by Crippen LogP contribution is -2.69. The van der Waals surface area contributed by atoms with Crippen molar-refractivity contribution in [1.82, 2.24) is 9.97 Å². The van der Waals surface area contributed by atoms with E-state index in [0.29, 0.717) is 51.3 Å². The van der Waals surface area contributed by atoms with E-state index in [2.05, 4.69) is 15.0 Å². The van der Waals surface area contributed by atoms with Crippen molar-refractivity contribution in [2.45, 2.75) is 18.6 Å². The van der Waals surface area contributed by atoms with E-state index in [1.54, 1.807) is 43.3 Å². The fraction of sp³-hybridized carbons (Fsp3) is 0.231. The van der Waals surface area contributed by atoms with Crippen molar-refractivity contribution in [1.29, 1.82) is 5.41 Å². The van der Waals surface area contributed by atoms with Gasteiger partial charge in [-0.1, -0.05) is 23.2 Å². The van der Waals surface area contributed by atoms with E-state index in [9.17, 15) is 0 Å². The maximum Gasteiger partial charge on any atom is 0.166 e. The molecule has 1 aliphatic rings. The summed E-state index contributed by atoms with van der Waals surface area (Å²) in [5.41, 5.74) is 19.6. The van der Waals surface area contributed by atoms with Gasteiger partial charge < -0.3 is 26.8 Å². The quantitative estimate of drug-likeness (QED) is 0.240. The third-order valence-corrected chi connectivity index (χ3v) is 6.88. The van der Waals surface area contributed by atoms with Crippen LogP contribution in [0.2, 0.25) is 10.0 Å². The van der Waals surface area contributed by atoms with Gasteiger partial charge in [0.2, 0.25) is 0 Å². The Bertz CT molecular complexity index is 1420. The van der Waals surface area contributed by atoms with Gasteiger partial charge in [-0.2, -0.15) is 0 Å². The van der Waals surface area contributed by atoms with Crippen molar-refractivity contribution in [3.05, 3.63) is 87.2 Å². The van der Waals surface area contributed by atoms with E-state index < -0.39 is 17.5 Å².